The summed E-state index contributed by atoms with van der Waals surface area (Å²) in [7, 11) is 1.44. The maximum atomic E-state index is 13.4. The molecule has 0 radical (unpaired) electrons. The molecule has 2 unspecified atom stereocenters. The van der Waals surface area contributed by atoms with Gasteiger partial charge in [0.25, 0.3) is 0 Å². The number of alkyl carbamates (subject to hydrolysis) is 1. The predicted octanol–water partition coefficient (Wildman–Crippen LogP) is 3.50. The van der Waals surface area contributed by atoms with Crippen molar-refractivity contribution < 1.29 is 29.0 Å². The minimum Gasteiger partial charge on any atom is -0.481 e. The summed E-state index contributed by atoms with van der Waals surface area (Å²) in [5, 5.41) is 12.2. The fourth-order valence-corrected chi connectivity index (χ4v) is 5.02. The molecule has 8 heteroatoms. The second-order valence-electron chi connectivity index (χ2n) is 10.2. The average molecular weight is 481 g/mol. The van der Waals surface area contributed by atoms with Gasteiger partial charge in [0.05, 0.1) is 6.10 Å². The Balaban J connectivity index is 1.45. The van der Waals surface area contributed by atoms with Crippen molar-refractivity contribution in [3.05, 3.63) is 59.7 Å². The number of nitrogens with one attached hydrogen (secondary N) is 1. The molecular weight excluding hydrogens is 448 g/mol. The number of carboxylic acid groups (broad SMARTS) is 1. The molecule has 2 aromatic rings. The third-order valence-electron chi connectivity index (χ3n) is 6.92. The molecular formula is C27H32N2O6. The molecule has 1 fully saturated rings. The molecule has 2 aromatic carbocycles. The fraction of sp³-hybridized carbons (Fsp3) is 0.444. The number of carboxylic acids is 1. The number of fused-ring (bicyclic) bond motifs is 3. The van der Waals surface area contributed by atoms with Gasteiger partial charge in [-0.25, -0.2) is 4.79 Å². The summed E-state index contributed by atoms with van der Waals surface area (Å²) >= 11 is 0. The van der Waals surface area contributed by atoms with Gasteiger partial charge in [0.1, 0.15) is 18.6 Å². The number of methoxy groups -OCH3 is 1. The van der Waals surface area contributed by atoms with E-state index < -0.39 is 35.5 Å². The van der Waals surface area contributed by atoms with Crippen molar-refractivity contribution >= 4 is 18.0 Å². The summed E-state index contributed by atoms with van der Waals surface area (Å²) in [5.41, 5.74) is 3.86. The van der Waals surface area contributed by atoms with E-state index in [-0.39, 0.29) is 31.5 Å². The summed E-state index contributed by atoms with van der Waals surface area (Å²) in [5.74, 6) is -2.26. The van der Waals surface area contributed by atoms with Crippen LogP contribution in [0.25, 0.3) is 11.1 Å². The molecule has 0 bridgehead atoms. The van der Waals surface area contributed by atoms with Gasteiger partial charge >= 0.3 is 12.1 Å². The quantitative estimate of drug-likeness (QED) is 0.656. The molecule has 8 nitrogen and oxygen atoms in total. The Morgan fingerprint density at radius 2 is 1.60 bits per heavy atom. The number of carbonyl (C=O) groups is 3. The van der Waals surface area contributed by atoms with E-state index in [0.717, 1.165) is 22.3 Å². The standard InChI is InChI=1S/C27H32N2O6/c1-27(2,3)23(24(30)29-13-20(25(31)32)22(14-29)34-4)28-26(33)35-15-21-18-11-7-5-9-16(18)17-10-6-8-12-19(17)21/h5-12,20-23H,13-15H2,1-4H3,(H,28,33)(H,31,32)/t20?,22?,23-/m1/s1. The van der Waals surface area contributed by atoms with Crippen LogP contribution in [0.1, 0.15) is 37.8 Å². The normalized spacial score (nSPS) is 20.2. The zero-order valence-electron chi connectivity index (χ0n) is 20.5. The molecule has 1 aliphatic heterocycles. The van der Waals surface area contributed by atoms with Gasteiger partial charge in [0.2, 0.25) is 5.91 Å². The first-order valence-electron chi connectivity index (χ1n) is 11.8. The smallest absolute Gasteiger partial charge is 0.407 e. The number of rotatable bonds is 6. The maximum absolute atomic E-state index is 13.4. The SMILES string of the molecule is COC1CN(C(=O)[C@@H](NC(=O)OCC2c3ccccc3-c3ccccc32)C(C)(C)C)CC1C(=O)O. The largest absolute Gasteiger partial charge is 0.481 e. The highest BCUT2D eigenvalue weighted by atomic mass is 16.5. The Bertz CT molecular complexity index is 1080. The molecule has 0 saturated carbocycles. The monoisotopic (exact) mass is 480 g/mol. The molecule has 2 aliphatic rings. The van der Waals surface area contributed by atoms with Crippen molar-refractivity contribution in [1.82, 2.24) is 10.2 Å². The van der Waals surface area contributed by atoms with Gasteiger partial charge in [0.15, 0.2) is 0 Å². The van der Waals surface area contributed by atoms with Gasteiger partial charge in [-0.05, 0) is 27.7 Å². The topological polar surface area (TPSA) is 105 Å². The number of amides is 2. The van der Waals surface area contributed by atoms with E-state index in [0.29, 0.717) is 0 Å². The van der Waals surface area contributed by atoms with Gasteiger partial charge in [-0.15, -0.1) is 0 Å². The van der Waals surface area contributed by atoms with E-state index in [1.165, 1.54) is 12.0 Å². The highest BCUT2D eigenvalue weighted by Crippen LogP contribution is 2.44. The summed E-state index contributed by atoms with van der Waals surface area (Å²) in [6.45, 7) is 5.87. The highest BCUT2D eigenvalue weighted by molar-refractivity contribution is 5.87. The first-order valence-corrected chi connectivity index (χ1v) is 11.8. The number of likely N-dealkylation sites (tertiary alicyclic amines) is 1. The Morgan fingerprint density at radius 3 is 2.09 bits per heavy atom. The molecule has 4 rings (SSSR count). The van der Waals surface area contributed by atoms with Crippen molar-refractivity contribution in [2.45, 2.75) is 38.8 Å². The average Bonchev–Trinajstić information content (AvgIpc) is 3.40. The summed E-state index contributed by atoms with van der Waals surface area (Å²) < 4.78 is 10.9. The third-order valence-corrected chi connectivity index (χ3v) is 6.92. The van der Waals surface area contributed by atoms with E-state index in [1.54, 1.807) is 0 Å². The Hall–Kier alpha value is -3.39. The Morgan fingerprint density at radius 1 is 1.03 bits per heavy atom. The molecule has 1 heterocycles. The Kier molecular flexibility index (Phi) is 6.85. The molecule has 35 heavy (non-hydrogen) atoms. The summed E-state index contributed by atoms with van der Waals surface area (Å²) in [6, 6.07) is 15.3. The van der Waals surface area contributed by atoms with Crippen LogP contribution in [0.2, 0.25) is 0 Å². The second kappa shape index (κ2) is 9.70. The minimum atomic E-state index is -1.01. The van der Waals surface area contributed by atoms with Crippen molar-refractivity contribution in [3.63, 3.8) is 0 Å². The van der Waals surface area contributed by atoms with Crippen LogP contribution < -0.4 is 5.32 Å². The van der Waals surface area contributed by atoms with Gasteiger partial charge in [0, 0.05) is 26.1 Å². The number of ether oxygens (including phenoxy) is 2. The van der Waals surface area contributed by atoms with E-state index in [2.05, 4.69) is 17.4 Å². The van der Waals surface area contributed by atoms with Crippen molar-refractivity contribution in [2.75, 3.05) is 26.8 Å². The van der Waals surface area contributed by atoms with Crippen molar-refractivity contribution in [3.8, 4) is 11.1 Å². The van der Waals surface area contributed by atoms with Crippen molar-refractivity contribution in [2.24, 2.45) is 11.3 Å². The Labute approximate surface area is 205 Å². The molecule has 186 valence electrons. The number of nitrogens with zero attached hydrogens (tertiary/aromatic N) is 1. The lowest BCUT2D eigenvalue weighted by atomic mass is 9.86. The molecule has 2 N–H and O–H groups in total. The molecule has 0 spiro atoms. The zero-order chi connectivity index (χ0) is 25.3. The molecule has 0 aromatic heterocycles. The van der Waals surface area contributed by atoms with Crippen LogP contribution in [0.3, 0.4) is 0 Å². The number of benzene rings is 2. The van der Waals surface area contributed by atoms with Crippen LogP contribution in [0.5, 0.6) is 0 Å². The maximum Gasteiger partial charge on any atom is 0.407 e. The lowest BCUT2D eigenvalue weighted by molar-refractivity contribution is -0.144. The van der Waals surface area contributed by atoms with Gasteiger partial charge in [-0.1, -0.05) is 69.3 Å². The fourth-order valence-electron chi connectivity index (χ4n) is 5.02. The first-order chi connectivity index (χ1) is 16.6. The van der Waals surface area contributed by atoms with Gasteiger partial charge in [-0.3, -0.25) is 9.59 Å². The number of hydrogen-bond acceptors (Lipinski definition) is 5. The van der Waals surface area contributed by atoms with E-state index in [1.807, 2.05) is 57.2 Å². The zero-order valence-corrected chi connectivity index (χ0v) is 20.5. The molecule has 3 atom stereocenters. The van der Waals surface area contributed by atoms with E-state index in [9.17, 15) is 19.5 Å². The third kappa shape index (κ3) is 4.89. The molecule has 1 saturated heterocycles. The van der Waals surface area contributed by atoms with Crippen LogP contribution in [-0.2, 0) is 19.1 Å². The lowest BCUT2D eigenvalue weighted by Gasteiger charge is -2.33. The van der Waals surface area contributed by atoms with Gasteiger partial charge in [-0.2, -0.15) is 0 Å². The summed E-state index contributed by atoms with van der Waals surface area (Å²) in [6.07, 6.45) is -1.27. The minimum absolute atomic E-state index is 0.0334. The van der Waals surface area contributed by atoms with Crippen LogP contribution in [0, 0.1) is 11.3 Å². The number of carbonyl (C=O) groups excluding carboxylic acids is 2. The van der Waals surface area contributed by atoms with E-state index >= 15 is 0 Å². The number of hydrogen-bond donors (Lipinski definition) is 2. The predicted molar refractivity (Wildman–Crippen MR) is 130 cm³/mol. The van der Waals surface area contributed by atoms with Crippen molar-refractivity contribution in [1.29, 1.82) is 0 Å². The van der Waals surface area contributed by atoms with Crippen LogP contribution in [0.4, 0.5) is 4.79 Å². The highest BCUT2D eigenvalue weighted by Gasteiger charge is 2.44. The molecule has 2 amide bonds. The van der Waals surface area contributed by atoms with Crippen LogP contribution in [-0.4, -0.2) is 66.9 Å². The number of aliphatic carboxylic acids is 1. The summed E-state index contributed by atoms with van der Waals surface area (Å²) in [4.78, 5) is 39.2. The lowest BCUT2D eigenvalue weighted by Crippen LogP contribution is -2.54. The van der Waals surface area contributed by atoms with Gasteiger partial charge < -0.3 is 24.8 Å². The van der Waals surface area contributed by atoms with E-state index in [4.69, 9.17) is 9.47 Å². The van der Waals surface area contributed by atoms with Crippen LogP contribution in [0.15, 0.2) is 48.5 Å². The molecule has 1 aliphatic carbocycles. The first kappa shape index (κ1) is 24.7. The second-order valence-corrected chi connectivity index (χ2v) is 10.2. The van der Waals surface area contributed by atoms with Crippen LogP contribution >= 0.6 is 0 Å².